The maximum Gasteiger partial charge on any atom is 0.121 e. The largest absolute Gasteiger partial charge is 0.497 e. The van der Waals surface area contributed by atoms with Crippen LogP contribution in [0.3, 0.4) is 0 Å². The molecule has 0 saturated carbocycles. The summed E-state index contributed by atoms with van der Waals surface area (Å²) in [6, 6.07) is 17.9. The number of nitriles is 1. The lowest BCUT2D eigenvalue weighted by molar-refractivity contribution is 0.414. The van der Waals surface area contributed by atoms with E-state index in [-0.39, 0.29) is 6.04 Å². The van der Waals surface area contributed by atoms with E-state index in [9.17, 15) is 5.26 Å². The van der Waals surface area contributed by atoms with Gasteiger partial charge in [0, 0.05) is 11.4 Å². The summed E-state index contributed by atoms with van der Waals surface area (Å²) in [7, 11) is 1.65. The van der Waals surface area contributed by atoms with E-state index < -0.39 is 0 Å². The van der Waals surface area contributed by atoms with Crippen LogP contribution in [0.5, 0.6) is 5.75 Å². The normalized spacial score (nSPS) is 11.7. The highest BCUT2D eigenvalue weighted by molar-refractivity contribution is 7.98. The summed E-state index contributed by atoms with van der Waals surface area (Å²) in [6.07, 6.45) is 2.04. The molecule has 4 heteroatoms. The van der Waals surface area contributed by atoms with Crippen molar-refractivity contribution in [3.8, 4) is 11.8 Å². The molecule has 0 aromatic heterocycles. The fourth-order valence-electron chi connectivity index (χ4n) is 2.00. The maximum atomic E-state index is 9.33. The minimum Gasteiger partial charge on any atom is -0.497 e. The molecule has 0 heterocycles. The second-order valence-electron chi connectivity index (χ2n) is 4.56. The van der Waals surface area contributed by atoms with E-state index in [0.29, 0.717) is 6.54 Å². The highest BCUT2D eigenvalue weighted by Crippen LogP contribution is 2.19. The highest BCUT2D eigenvalue weighted by Gasteiger charge is 2.09. The topological polar surface area (TPSA) is 45.0 Å². The third-order valence-electron chi connectivity index (χ3n) is 3.25. The van der Waals surface area contributed by atoms with Crippen LogP contribution in [0.15, 0.2) is 53.4 Å². The first-order valence-corrected chi connectivity index (χ1v) is 7.89. The van der Waals surface area contributed by atoms with Crippen molar-refractivity contribution in [2.75, 3.05) is 13.4 Å². The molecule has 0 aliphatic heterocycles. The van der Waals surface area contributed by atoms with Gasteiger partial charge in [0.1, 0.15) is 11.8 Å². The number of methoxy groups -OCH3 is 1. The van der Waals surface area contributed by atoms with Crippen LogP contribution in [0, 0.1) is 11.3 Å². The van der Waals surface area contributed by atoms with Crippen LogP contribution in [-0.2, 0) is 6.54 Å². The first-order chi connectivity index (χ1) is 10.3. The second kappa shape index (κ2) is 7.72. The number of benzene rings is 2. The van der Waals surface area contributed by atoms with Crippen molar-refractivity contribution in [1.82, 2.24) is 5.32 Å². The molecule has 0 aliphatic rings. The van der Waals surface area contributed by atoms with Crippen LogP contribution in [0.4, 0.5) is 0 Å². The molecule has 1 unspecified atom stereocenters. The van der Waals surface area contributed by atoms with Crippen molar-refractivity contribution in [2.24, 2.45) is 0 Å². The molecule has 0 spiro atoms. The van der Waals surface area contributed by atoms with Gasteiger partial charge in [-0.15, -0.1) is 11.8 Å². The Kier molecular flexibility index (Phi) is 5.68. The fourth-order valence-corrected chi connectivity index (χ4v) is 2.41. The smallest absolute Gasteiger partial charge is 0.121 e. The molecule has 0 radical (unpaired) electrons. The Morgan fingerprint density at radius 3 is 2.33 bits per heavy atom. The Labute approximate surface area is 129 Å². The summed E-state index contributed by atoms with van der Waals surface area (Å²) in [6.45, 7) is 0.645. The number of thioether (sulfide) groups is 1. The van der Waals surface area contributed by atoms with E-state index in [2.05, 4.69) is 11.4 Å². The molecule has 0 amide bonds. The lowest BCUT2D eigenvalue weighted by atomic mass is 10.1. The molecule has 3 nitrogen and oxygen atoms in total. The van der Waals surface area contributed by atoms with Crippen molar-refractivity contribution < 1.29 is 4.74 Å². The van der Waals surface area contributed by atoms with Crippen molar-refractivity contribution in [3.05, 3.63) is 59.7 Å². The summed E-state index contributed by atoms with van der Waals surface area (Å²) in [5.41, 5.74) is 2.11. The number of hydrogen-bond donors (Lipinski definition) is 1. The number of ether oxygens (including phenoxy) is 1. The van der Waals surface area contributed by atoms with Gasteiger partial charge in [0.15, 0.2) is 0 Å². The zero-order valence-electron chi connectivity index (χ0n) is 12.2. The molecule has 2 rings (SSSR count). The van der Waals surface area contributed by atoms with Gasteiger partial charge in [0.25, 0.3) is 0 Å². The minimum absolute atomic E-state index is 0.303. The van der Waals surface area contributed by atoms with Gasteiger partial charge >= 0.3 is 0 Å². The number of rotatable bonds is 6. The van der Waals surface area contributed by atoms with Gasteiger partial charge in [0.2, 0.25) is 0 Å². The summed E-state index contributed by atoms with van der Waals surface area (Å²) in [4.78, 5) is 1.20. The van der Waals surface area contributed by atoms with E-state index in [4.69, 9.17) is 4.74 Å². The van der Waals surface area contributed by atoms with Crippen molar-refractivity contribution in [2.45, 2.75) is 17.5 Å². The molecule has 0 bridgehead atoms. The van der Waals surface area contributed by atoms with E-state index in [1.807, 2.05) is 54.8 Å². The van der Waals surface area contributed by atoms with Gasteiger partial charge in [-0.1, -0.05) is 24.3 Å². The summed E-state index contributed by atoms with van der Waals surface area (Å²) in [5.74, 6) is 0.836. The highest BCUT2D eigenvalue weighted by atomic mass is 32.2. The van der Waals surface area contributed by atoms with Crippen LogP contribution in [0.2, 0.25) is 0 Å². The van der Waals surface area contributed by atoms with Crippen LogP contribution in [-0.4, -0.2) is 13.4 Å². The quantitative estimate of drug-likeness (QED) is 0.825. The van der Waals surface area contributed by atoms with Crippen LogP contribution < -0.4 is 10.1 Å². The summed E-state index contributed by atoms with van der Waals surface area (Å²) in [5, 5.41) is 12.6. The van der Waals surface area contributed by atoms with Gasteiger partial charge in [-0.2, -0.15) is 5.26 Å². The molecule has 21 heavy (non-hydrogen) atoms. The van der Waals surface area contributed by atoms with Crippen LogP contribution >= 0.6 is 11.8 Å². The van der Waals surface area contributed by atoms with E-state index in [0.717, 1.165) is 16.9 Å². The second-order valence-corrected chi connectivity index (χ2v) is 5.44. The number of nitrogens with one attached hydrogen (secondary N) is 1. The SMILES string of the molecule is COc1ccc(CNC(C#N)c2ccc(SC)cc2)cc1. The van der Waals surface area contributed by atoms with E-state index in [1.54, 1.807) is 18.9 Å². The molecule has 108 valence electrons. The van der Waals surface area contributed by atoms with Crippen molar-refractivity contribution in [1.29, 1.82) is 5.26 Å². The lowest BCUT2D eigenvalue weighted by Crippen LogP contribution is -2.19. The van der Waals surface area contributed by atoms with Crippen LogP contribution in [0.1, 0.15) is 17.2 Å². The van der Waals surface area contributed by atoms with E-state index in [1.165, 1.54) is 4.90 Å². The monoisotopic (exact) mass is 298 g/mol. The molecular weight excluding hydrogens is 280 g/mol. The predicted molar refractivity (Wildman–Crippen MR) is 86.4 cm³/mol. The van der Waals surface area contributed by atoms with Gasteiger partial charge in [0.05, 0.1) is 13.2 Å². The Hall–Kier alpha value is -1.96. The van der Waals surface area contributed by atoms with Gasteiger partial charge in [-0.3, -0.25) is 5.32 Å². The summed E-state index contributed by atoms with van der Waals surface area (Å²) < 4.78 is 5.13. The molecule has 1 atom stereocenters. The molecule has 2 aromatic rings. The Balaban J connectivity index is 1.99. The molecule has 0 aliphatic carbocycles. The fraction of sp³-hybridized carbons (Fsp3) is 0.235. The van der Waals surface area contributed by atoms with Gasteiger partial charge in [-0.25, -0.2) is 0 Å². The third kappa shape index (κ3) is 4.25. The first-order valence-electron chi connectivity index (χ1n) is 6.66. The molecule has 0 saturated heterocycles. The average molecular weight is 298 g/mol. The first kappa shape index (κ1) is 15.4. The number of nitrogens with zero attached hydrogens (tertiary/aromatic N) is 1. The zero-order chi connectivity index (χ0) is 15.1. The van der Waals surface area contributed by atoms with Crippen molar-refractivity contribution >= 4 is 11.8 Å². The van der Waals surface area contributed by atoms with Crippen LogP contribution in [0.25, 0.3) is 0 Å². The third-order valence-corrected chi connectivity index (χ3v) is 3.99. The standard InChI is InChI=1S/C17H18N2OS/c1-20-15-7-3-13(4-8-15)12-19-17(11-18)14-5-9-16(21-2)10-6-14/h3-10,17,19H,12H2,1-2H3. The minimum atomic E-state index is -0.303. The number of hydrogen-bond acceptors (Lipinski definition) is 4. The molecule has 0 fully saturated rings. The molecule has 2 aromatic carbocycles. The molecular formula is C17H18N2OS. The average Bonchev–Trinajstić information content (AvgIpc) is 2.56. The maximum absolute atomic E-state index is 9.33. The Bertz CT molecular complexity index is 602. The summed E-state index contributed by atoms with van der Waals surface area (Å²) >= 11 is 1.70. The zero-order valence-corrected chi connectivity index (χ0v) is 13.0. The van der Waals surface area contributed by atoms with Gasteiger partial charge < -0.3 is 4.74 Å². The molecule has 1 N–H and O–H groups in total. The van der Waals surface area contributed by atoms with Crippen molar-refractivity contribution in [3.63, 3.8) is 0 Å². The van der Waals surface area contributed by atoms with Gasteiger partial charge in [-0.05, 0) is 41.6 Å². The lowest BCUT2D eigenvalue weighted by Gasteiger charge is -2.12. The predicted octanol–water partition coefficient (Wildman–Crippen LogP) is 3.77. The van der Waals surface area contributed by atoms with E-state index >= 15 is 0 Å². The Morgan fingerprint density at radius 2 is 1.81 bits per heavy atom. The Morgan fingerprint density at radius 1 is 1.14 bits per heavy atom.